The zero-order chi connectivity index (χ0) is 12.4. The van der Waals surface area contributed by atoms with Gasteiger partial charge in [0.2, 0.25) is 0 Å². The van der Waals surface area contributed by atoms with Gasteiger partial charge in [-0.15, -0.1) is 0 Å². The number of hydrogen-bond donors (Lipinski definition) is 0. The summed E-state index contributed by atoms with van der Waals surface area (Å²) in [5, 5.41) is 0.962. The van der Waals surface area contributed by atoms with Gasteiger partial charge < -0.3 is 4.90 Å². The van der Waals surface area contributed by atoms with Crippen molar-refractivity contribution >= 4 is 32.9 Å². The Balaban J connectivity index is 1.95. The molecule has 1 aliphatic carbocycles. The Morgan fingerprint density at radius 2 is 2.06 bits per heavy atom. The number of hydrogen-bond acceptors (Lipinski definition) is 4. The molecule has 0 atom stereocenters. The Morgan fingerprint density at radius 3 is 2.78 bits per heavy atom. The van der Waals surface area contributed by atoms with E-state index in [1.807, 2.05) is 6.07 Å². The van der Waals surface area contributed by atoms with Gasteiger partial charge in [-0.3, -0.25) is 4.98 Å². The predicted octanol–water partition coefficient (Wildman–Crippen LogP) is 2.78. The van der Waals surface area contributed by atoms with Crippen molar-refractivity contribution < 1.29 is 0 Å². The summed E-state index contributed by atoms with van der Waals surface area (Å²) < 4.78 is 0. The first-order valence-electron chi connectivity index (χ1n) is 6.29. The van der Waals surface area contributed by atoms with Crippen molar-refractivity contribution in [3.63, 3.8) is 0 Å². The first-order valence-corrected chi connectivity index (χ1v) is 7.41. The van der Waals surface area contributed by atoms with Crippen molar-refractivity contribution in [2.75, 3.05) is 16.8 Å². The van der Waals surface area contributed by atoms with Gasteiger partial charge in [-0.2, -0.15) is 0 Å². The number of nitrogens with zero attached hydrogens (tertiary/aromatic N) is 4. The van der Waals surface area contributed by atoms with E-state index >= 15 is 0 Å². The van der Waals surface area contributed by atoms with Gasteiger partial charge in [-0.25, -0.2) is 9.97 Å². The zero-order valence-electron chi connectivity index (χ0n) is 10.1. The van der Waals surface area contributed by atoms with Crippen LogP contribution in [0.4, 0.5) is 5.82 Å². The standard InChI is InChI=1S/C13H15BrN4/c14-6-9-18(10-2-1-3-10)12-5-4-11-13(17-12)16-8-7-15-11/h4-5,7-8,10H,1-3,6,9H2. The minimum Gasteiger partial charge on any atom is -0.353 e. The lowest BCUT2D eigenvalue weighted by Gasteiger charge is -2.38. The Bertz CT molecular complexity index is 541. The number of fused-ring (bicyclic) bond motifs is 1. The molecule has 0 aliphatic heterocycles. The molecular formula is C13H15BrN4. The van der Waals surface area contributed by atoms with Crippen molar-refractivity contribution in [1.29, 1.82) is 0 Å². The van der Waals surface area contributed by atoms with Crippen molar-refractivity contribution in [2.45, 2.75) is 25.3 Å². The second-order valence-electron chi connectivity index (χ2n) is 4.54. The van der Waals surface area contributed by atoms with Gasteiger partial charge in [0.05, 0.1) is 0 Å². The van der Waals surface area contributed by atoms with Crippen molar-refractivity contribution in [1.82, 2.24) is 15.0 Å². The second-order valence-corrected chi connectivity index (χ2v) is 5.33. The maximum Gasteiger partial charge on any atom is 0.180 e. The van der Waals surface area contributed by atoms with Crippen LogP contribution in [0.25, 0.3) is 11.2 Å². The van der Waals surface area contributed by atoms with E-state index in [4.69, 9.17) is 0 Å². The van der Waals surface area contributed by atoms with E-state index in [1.165, 1.54) is 19.3 Å². The van der Waals surface area contributed by atoms with Gasteiger partial charge in [0.15, 0.2) is 5.65 Å². The highest BCUT2D eigenvalue weighted by Gasteiger charge is 2.25. The van der Waals surface area contributed by atoms with E-state index in [0.717, 1.165) is 28.9 Å². The van der Waals surface area contributed by atoms with Crippen molar-refractivity contribution in [2.24, 2.45) is 0 Å². The molecule has 94 valence electrons. The van der Waals surface area contributed by atoms with Crippen LogP contribution in [-0.2, 0) is 0 Å². The van der Waals surface area contributed by atoms with Gasteiger partial charge in [0.1, 0.15) is 11.3 Å². The van der Waals surface area contributed by atoms with Gasteiger partial charge in [-0.1, -0.05) is 15.9 Å². The first-order chi connectivity index (χ1) is 8.88. The monoisotopic (exact) mass is 306 g/mol. The molecule has 0 N–H and O–H groups in total. The highest BCUT2D eigenvalue weighted by Crippen LogP contribution is 2.29. The molecule has 1 aliphatic rings. The fraction of sp³-hybridized carbons (Fsp3) is 0.462. The largest absolute Gasteiger partial charge is 0.353 e. The van der Waals surface area contributed by atoms with Gasteiger partial charge in [0, 0.05) is 30.3 Å². The molecule has 2 heterocycles. The first kappa shape index (κ1) is 11.8. The molecule has 0 amide bonds. The number of pyridine rings is 1. The highest BCUT2D eigenvalue weighted by atomic mass is 79.9. The fourth-order valence-electron chi connectivity index (χ4n) is 2.28. The third kappa shape index (κ3) is 2.19. The molecular weight excluding hydrogens is 292 g/mol. The molecule has 5 heteroatoms. The number of halogens is 1. The summed E-state index contributed by atoms with van der Waals surface area (Å²) in [4.78, 5) is 15.5. The Morgan fingerprint density at radius 1 is 1.22 bits per heavy atom. The second kappa shape index (κ2) is 5.18. The Kier molecular flexibility index (Phi) is 3.41. The lowest BCUT2D eigenvalue weighted by Crippen LogP contribution is -2.41. The Hall–Kier alpha value is -1.23. The quantitative estimate of drug-likeness (QED) is 0.815. The highest BCUT2D eigenvalue weighted by molar-refractivity contribution is 9.09. The minimum absolute atomic E-state index is 0.643. The maximum atomic E-state index is 4.63. The van der Waals surface area contributed by atoms with E-state index in [-0.39, 0.29) is 0 Å². The van der Waals surface area contributed by atoms with Gasteiger partial charge in [-0.05, 0) is 31.4 Å². The molecule has 2 aromatic heterocycles. The van der Waals surface area contributed by atoms with E-state index < -0.39 is 0 Å². The van der Waals surface area contributed by atoms with Crippen LogP contribution in [0.3, 0.4) is 0 Å². The smallest absolute Gasteiger partial charge is 0.180 e. The topological polar surface area (TPSA) is 41.9 Å². The lowest BCUT2D eigenvalue weighted by molar-refractivity contribution is 0.389. The van der Waals surface area contributed by atoms with Crippen LogP contribution in [0.15, 0.2) is 24.5 Å². The molecule has 0 spiro atoms. The molecule has 0 radical (unpaired) electrons. The van der Waals surface area contributed by atoms with Gasteiger partial charge in [0.25, 0.3) is 0 Å². The number of aromatic nitrogens is 3. The van der Waals surface area contributed by atoms with Crippen LogP contribution in [0.2, 0.25) is 0 Å². The van der Waals surface area contributed by atoms with Crippen LogP contribution in [-0.4, -0.2) is 32.9 Å². The number of rotatable bonds is 4. The maximum absolute atomic E-state index is 4.63. The van der Waals surface area contributed by atoms with Crippen LogP contribution in [0.1, 0.15) is 19.3 Å². The number of anilines is 1. The molecule has 0 saturated heterocycles. The minimum atomic E-state index is 0.643. The molecule has 0 unspecified atom stereocenters. The van der Waals surface area contributed by atoms with E-state index in [9.17, 15) is 0 Å². The summed E-state index contributed by atoms with van der Waals surface area (Å²) in [6.07, 6.45) is 7.26. The molecule has 18 heavy (non-hydrogen) atoms. The predicted molar refractivity (Wildman–Crippen MR) is 76.1 cm³/mol. The summed E-state index contributed by atoms with van der Waals surface area (Å²) >= 11 is 3.52. The molecule has 0 bridgehead atoms. The zero-order valence-corrected chi connectivity index (χ0v) is 11.7. The van der Waals surface area contributed by atoms with Crippen LogP contribution in [0, 0.1) is 0 Å². The van der Waals surface area contributed by atoms with Gasteiger partial charge >= 0.3 is 0 Å². The van der Waals surface area contributed by atoms with Crippen LogP contribution >= 0.6 is 15.9 Å². The van der Waals surface area contributed by atoms with Crippen LogP contribution < -0.4 is 4.90 Å². The fourth-order valence-corrected chi connectivity index (χ4v) is 2.66. The molecule has 1 saturated carbocycles. The summed E-state index contributed by atoms with van der Waals surface area (Å²) in [7, 11) is 0. The molecule has 3 rings (SSSR count). The van der Waals surface area contributed by atoms with E-state index in [2.05, 4.69) is 41.8 Å². The molecule has 1 fully saturated rings. The molecule has 0 aromatic carbocycles. The lowest BCUT2D eigenvalue weighted by atomic mass is 9.91. The Labute approximate surface area is 115 Å². The SMILES string of the molecule is BrCCN(c1ccc2nccnc2n1)C1CCC1. The molecule has 2 aromatic rings. The third-order valence-corrected chi connectivity index (χ3v) is 3.81. The average Bonchev–Trinajstić information content (AvgIpc) is 2.35. The summed E-state index contributed by atoms with van der Waals surface area (Å²) in [6.45, 7) is 0.990. The van der Waals surface area contributed by atoms with E-state index in [0.29, 0.717) is 6.04 Å². The van der Waals surface area contributed by atoms with Crippen molar-refractivity contribution in [3.05, 3.63) is 24.5 Å². The van der Waals surface area contributed by atoms with Crippen molar-refractivity contribution in [3.8, 4) is 0 Å². The third-order valence-electron chi connectivity index (χ3n) is 3.45. The molecule has 4 nitrogen and oxygen atoms in total. The summed E-state index contributed by atoms with van der Waals surface area (Å²) in [6, 6.07) is 4.70. The number of alkyl halides is 1. The average molecular weight is 307 g/mol. The summed E-state index contributed by atoms with van der Waals surface area (Å²) in [5.41, 5.74) is 1.59. The normalized spacial score (nSPS) is 15.6. The van der Waals surface area contributed by atoms with E-state index in [1.54, 1.807) is 12.4 Å². The van der Waals surface area contributed by atoms with Crippen LogP contribution in [0.5, 0.6) is 0 Å². The summed E-state index contributed by atoms with van der Waals surface area (Å²) in [5.74, 6) is 1.02.